The Morgan fingerprint density at radius 3 is 2.47 bits per heavy atom. The zero-order chi connectivity index (χ0) is 23.9. The van der Waals surface area contributed by atoms with Crippen molar-refractivity contribution < 1.29 is 14.3 Å². The van der Waals surface area contributed by atoms with Crippen LogP contribution in [-0.4, -0.2) is 35.4 Å². The Morgan fingerprint density at radius 2 is 1.74 bits per heavy atom. The van der Waals surface area contributed by atoms with Crippen LogP contribution in [0.25, 0.3) is 10.8 Å². The van der Waals surface area contributed by atoms with Gasteiger partial charge in [0.2, 0.25) is 5.91 Å². The Bertz CT molecular complexity index is 1130. The first kappa shape index (κ1) is 24.3. The summed E-state index contributed by atoms with van der Waals surface area (Å²) in [6.07, 6.45) is 4.84. The SMILES string of the molecule is CC[C@@H](C(=O)NC1CCCC1)N(Cc1ccccc1)C(=O)COc1ccc2ccccc2c1Br. The molecule has 5 nitrogen and oxygen atoms in total. The van der Waals surface area contributed by atoms with Crippen LogP contribution in [0, 0.1) is 0 Å². The summed E-state index contributed by atoms with van der Waals surface area (Å²) in [5.41, 5.74) is 0.981. The highest BCUT2D eigenvalue weighted by Crippen LogP contribution is 2.33. The van der Waals surface area contributed by atoms with Gasteiger partial charge in [-0.25, -0.2) is 0 Å². The van der Waals surface area contributed by atoms with E-state index in [0.29, 0.717) is 18.7 Å². The molecule has 1 fully saturated rings. The standard InChI is InChI=1S/C28H31BrN2O3/c1-2-24(28(33)30-22-13-7-8-14-22)31(18-20-10-4-3-5-11-20)26(32)19-34-25-17-16-21-12-6-9-15-23(21)27(25)29/h3-6,9-12,15-17,22,24H,2,7-8,13-14,18-19H2,1H3,(H,30,33)/t24-/m0/s1. The molecule has 2 amide bonds. The number of amides is 2. The van der Waals surface area contributed by atoms with E-state index in [1.54, 1.807) is 4.90 Å². The highest BCUT2D eigenvalue weighted by atomic mass is 79.9. The molecule has 0 saturated heterocycles. The molecule has 1 aliphatic rings. The number of ether oxygens (including phenoxy) is 1. The molecule has 1 N–H and O–H groups in total. The van der Waals surface area contributed by atoms with E-state index in [0.717, 1.165) is 46.5 Å². The number of rotatable bonds is 9. The third kappa shape index (κ3) is 5.79. The molecule has 3 aromatic rings. The molecule has 6 heteroatoms. The van der Waals surface area contributed by atoms with E-state index in [-0.39, 0.29) is 24.5 Å². The maximum Gasteiger partial charge on any atom is 0.261 e. The largest absolute Gasteiger partial charge is 0.483 e. The van der Waals surface area contributed by atoms with Crippen LogP contribution in [0.4, 0.5) is 0 Å². The third-order valence-corrected chi connectivity index (χ3v) is 7.28. The van der Waals surface area contributed by atoms with Gasteiger partial charge in [-0.1, -0.05) is 80.4 Å². The summed E-state index contributed by atoms with van der Waals surface area (Å²) in [7, 11) is 0. The van der Waals surface area contributed by atoms with E-state index in [9.17, 15) is 9.59 Å². The van der Waals surface area contributed by atoms with Crippen molar-refractivity contribution in [2.45, 2.75) is 57.7 Å². The second-order valence-electron chi connectivity index (χ2n) is 8.81. The topological polar surface area (TPSA) is 58.6 Å². The quantitative estimate of drug-likeness (QED) is 0.383. The fourth-order valence-corrected chi connectivity index (χ4v) is 5.22. The van der Waals surface area contributed by atoms with Crippen LogP contribution in [0.2, 0.25) is 0 Å². The highest BCUT2D eigenvalue weighted by molar-refractivity contribution is 9.10. The Labute approximate surface area is 209 Å². The molecule has 4 rings (SSSR count). The van der Waals surface area contributed by atoms with Crippen molar-refractivity contribution in [1.82, 2.24) is 10.2 Å². The molecule has 0 bridgehead atoms. The number of hydrogen-bond donors (Lipinski definition) is 1. The molecule has 3 aromatic carbocycles. The van der Waals surface area contributed by atoms with Crippen LogP contribution in [0.15, 0.2) is 71.2 Å². The number of carbonyl (C=O) groups excluding carboxylic acids is 2. The summed E-state index contributed by atoms with van der Waals surface area (Å²) < 4.78 is 6.78. The van der Waals surface area contributed by atoms with Gasteiger partial charge in [0.25, 0.3) is 5.91 Å². The second-order valence-corrected chi connectivity index (χ2v) is 9.60. The summed E-state index contributed by atoms with van der Waals surface area (Å²) in [5, 5.41) is 5.29. The molecule has 1 saturated carbocycles. The summed E-state index contributed by atoms with van der Waals surface area (Å²) in [5.74, 6) is 0.318. The van der Waals surface area contributed by atoms with Gasteiger partial charge in [0.05, 0.1) is 4.47 Å². The molecular formula is C28H31BrN2O3. The number of fused-ring (bicyclic) bond motifs is 1. The Kier molecular flexibility index (Phi) is 8.22. The van der Waals surface area contributed by atoms with Crippen LogP contribution in [-0.2, 0) is 16.1 Å². The molecule has 1 aliphatic carbocycles. The molecule has 0 unspecified atom stereocenters. The summed E-state index contributed by atoms with van der Waals surface area (Å²) in [4.78, 5) is 28.3. The summed E-state index contributed by atoms with van der Waals surface area (Å²) in [6, 6.07) is 21.3. The van der Waals surface area contributed by atoms with Gasteiger partial charge in [0.1, 0.15) is 11.8 Å². The van der Waals surface area contributed by atoms with Crippen LogP contribution in [0.5, 0.6) is 5.75 Å². The molecule has 1 atom stereocenters. The predicted octanol–water partition coefficient (Wildman–Crippen LogP) is 5.85. The minimum atomic E-state index is -0.544. The van der Waals surface area contributed by atoms with Gasteiger partial charge in [-0.15, -0.1) is 0 Å². The van der Waals surface area contributed by atoms with E-state index >= 15 is 0 Å². The molecule has 178 valence electrons. The van der Waals surface area contributed by atoms with Crippen LogP contribution in [0.3, 0.4) is 0 Å². The van der Waals surface area contributed by atoms with E-state index in [4.69, 9.17) is 4.74 Å². The zero-order valence-electron chi connectivity index (χ0n) is 19.5. The van der Waals surface area contributed by atoms with Crippen molar-refractivity contribution in [1.29, 1.82) is 0 Å². The summed E-state index contributed by atoms with van der Waals surface area (Å²) in [6.45, 7) is 2.17. The van der Waals surface area contributed by atoms with Crippen molar-refractivity contribution in [3.63, 3.8) is 0 Å². The first-order chi connectivity index (χ1) is 16.6. The van der Waals surface area contributed by atoms with Crippen LogP contribution >= 0.6 is 15.9 Å². The predicted molar refractivity (Wildman–Crippen MR) is 139 cm³/mol. The average molecular weight is 523 g/mol. The minimum Gasteiger partial charge on any atom is -0.483 e. The van der Waals surface area contributed by atoms with Gasteiger partial charge in [-0.3, -0.25) is 9.59 Å². The molecular weight excluding hydrogens is 492 g/mol. The molecule has 34 heavy (non-hydrogen) atoms. The normalized spacial score (nSPS) is 14.6. The van der Waals surface area contributed by atoms with E-state index in [1.165, 1.54) is 0 Å². The van der Waals surface area contributed by atoms with Crippen molar-refractivity contribution in [2.75, 3.05) is 6.61 Å². The smallest absolute Gasteiger partial charge is 0.261 e. The third-order valence-electron chi connectivity index (χ3n) is 6.46. The molecule has 0 radical (unpaired) electrons. The van der Waals surface area contributed by atoms with Crippen LogP contribution in [0.1, 0.15) is 44.6 Å². The van der Waals surface area contributed by atoms with Gasteiger partial charge in [0, 0.05) is 12.6 Å². The fourth-order valence-electron chi connectivity index (χ4n) is 4.61. The molecule has 0 heterocycles. The number of hydrogen-bond acceptors (Lipinski definition) is 3. The van der Waals surface area contributed by atoms with E-state index in [1.807, 2.05) is 73.7 Å². The Hall–Kier alpha value is -2.86. The summed E-state index contributed by atoms with van der Waals surface area (Å²) >= 11 is 3.62. The van der Waals surface area contributed by atoms with Crippen molar-refractivity contribution in [3.05, 3.63) is 76.8 Å². The lowest BCUT2D eigenvalue weighted by atomic mass is 10.1. The van der Waals surface area contributed by atoms with Gasteiger partial charge in [-0.05, 0) is 57.6 Å². The van der Waals surface area contributed by atoms with Gasteiger partial charge in [0.15, 0.2) is 6.61 Å². The van der Waals surface area contributed by atoms with E-state index in [2.05, 4.69) is 21.2 Å². The maximum absolute atomic E-state index is 13.4. The maximum atomic E-state index is 13.4. The van der Waals surface area contributed by atoms with Crippen molar-refractivity contribution in [3.8, 4) is 5.75 Å². The number of carbonyl (C=O) groups is 2. The Balaban J connectivity index is 1.52. The number of nitrogens with one attached hydrogen (secondary N) is 1. The van der Waals surface area contributed by atoms with Gasteiger partial charge >= 0.3 is 0 Å². The fraction of sp³-hybridized carbons (Fsp3) is 0.357. The lowest BCUT2D eigenvalue weighted by molar-refractivity contribution is -0.143. The molecule has 0 spiro atoms. The number of nitrogens with zero attached hydrogens (tertiary/aromatic N) is 1. The van der Waals surface area contributed by atoms with Gasteiger partial charge < -0.3 is 15.0 Å². The number of benzene rings is 3. The first-order valence-corrected chi connectivity index (χ1v) is 12.8. The molecule has 0 aromatic heterocycles. The molecule has 0 aliphatic heterocycles. The lowest BCUT2D eigenvalue weighted by Gasteiger charge is -2.31. The zero-order valence-corrected chi connectivity index (χ0v) is 21.1. The highest BCUT2D eigenvalue weighted by Gasteiger charge is 2.31. The lowest BCUT2D eigenvalue weighted by Crippen LogP contribution is -2.52. The van der Waals surface area contributed by atoms with E-state index < -0.39 is 6.04 Å². The van der Waals surface area contributed by atoms with Crippen molar-refractivity contribution in [2.24, 2.45) is 0 Å². The second kappa shape index (κ2) is 11.5. The van der Waals surface area contributed by atoms with Gasteiger partial charge in [-0.2, -0.15) is 0 Å². The first-order valence-electron chi connectivity index (χ1n) is 12.0. The van der Waals surface area contributed by atoms with Crippen LogP contribution < -0.4 is 10.1 Å². The minimum absolute atomic E-state index is 0.0782. The number of halogens is 1. The van der Waals surface area contributed by atoms with Crippen molar-refractivity contribution >= 4 is 38.5 Å². The Morgan fingerprint density at radius 1 is 1.03 bits per heavy atom. The average Bonchev–Trinajstić information content (AvgIpc) is 3.37. The monoisotopic (exact) mass is 522 g/mol.